The zero-order valence-corrected chi connectivity index (χ0v) is 41.3. The summed E-state index contributed by atoms with van der Waals surface area (Å²) in [4.78, 5) is 20.0. The van der Waals surface area contributed by atoms with Crippen LogP contribution in [0.5, 0.6) is 17.2 Å². The highest BCUT2D eigenvalue weighted by molar-refractivity contribution is 7.86. The van der Waals surface area contributed by atoms with E-state index < -0.39 is 15.1 Å². The second kappa shape index (κ2) is 19.4. The van der Waals surface area contributed by atoms with Crippen LogP contribution in [0.1, 0.15) is 83.4 Å². The van der Waals surface area contributed by atoms with Gasteiger partial charge in [0, 0.05) is 40.7 Å². The van der Waals surface area contributed by atoms with Crippen LogP contribution in [-0.2, 0) is 11.0 Å². The number of nitrogens with zero attached hydrogens (tertiary/aromatic N) is 1. The third kappa shape index (κ3) is 9.10. The molecule has 0 saturated heterocycles. The third-order valence-corrected chi connectivity index (χ3v) is 18.3. The number of carbonyl (C=O) groups is 1. The van der Waals surface area contributed by atoms with Gasteiger partial charge >= 0.3 is 0 Å². The molecule has 0 bridgehead atoms. The maximum Gasteiger partial charge on any atom is 0.193 e. The van der Waals surface area contributed by atoms with Gasteiger partial charge < -0.3 is 14.0 Å². The molecule has 5 nitrogen and oxygen atoms in total. The summed E-state index contributed by atoms with van der Waals surface area (Å²) in [7, 11) is -4.63. The van der Waals surface area contributed by atoms with Gasteiger partial charge in [0.05, 0.1) is 16.3 Å². The molecule has 9 rings (SSSR count). The van der Waals surface area contributed by atoms with Gasteiger partial charge in [-0.2, -0.15) is 0 Å². The number of allylic oxidation sites excluding steroid dienone is 10. The average molecular weight is 928 g/mol. The maximum absolute atomic E-state index is 15.7. The average Bonchev–Trinajstić information content (AvgIpc) is 3.35. The summed E-state index contributed by atoms with van der Waals surface area (Å²) >= 11 is 0. The summed E-state index contributed by atoms with van der Waals surface area (Å²) in [5, 5.41) is 4.23. The van der Waals surface area contributed by atoms with Crippen molar-refractivity contribution in [2.45, 2.75) is 54.4 Å². The normalized spacial score (nSPS) is 18.6. The Morgan fingerprint density at radius 2 is 1.34 bits per heavy atom. The van der Waals surface area contributed by atoms with Gasteiger partial charge in [-0.05, 0) is 128 Å². The van der Waals surface area contributed by atoms with Crippen LogP contribution in [0, 0.1) is 19.8 Å². The van der Waals surface area contributed by atoms with E-state index in [1.807, 2.05) is 154 Å². The van der Waals surface area contributed by atoms with Crippen molar-refractivity contribution < 1.29 is 18.8 Å². The molecule has 6 aromatic carbocycles. The Bertz CT molecular complexity index is 3250. The van der Waals surface area contributed by atoms with E-state index in [-0.39, 0.29) is 5.52 Å². The zero-order valence-electron chi connectivity index (χ0n) is 39.5. The molecule has 338 valence electrons. The summed E-state index contributed by atoms with van der Waals surface area (Å²) in [6.07, 6.45) is 15.7. The number of fused-ring (bicyclic) bond motifs is 3. The predicted octanol–water partition coefficient (Wildman–Crippen LogP) is 14.5. The minimum absolute atomic E-state index is 0.100. The molecule has 7 heteroatoms. The van der Waals surface area contributed by atoms with Gasteiger partial charge in [0.25, 0.3) is 0 Å². The molecule has 0 N–H and O–H groups in total. The summed E-state index contributed by atoms with van der Waals surface area (Å²) < 4.78 is 28.4. The Kier molecular flexibility index (Phi) is 13.2. The quantitative estimate of drug-likeness (QED) is 0.0696. The standard InChI is InChI=1S/C61H55NO4P2/c1-9-11-12-13-42(6)46-18-20-47(21-19-46)43(7)37-52(49-22-24-50(25-23-49)61(63)67-57-34-39(3)14-30-53(57)65-54-31-15-40(4)35-58(54)67)62-44(8)48-26-28-51(29-27-48)68(64)59-36-41(5)16-32-55(59)66-56-33-17-45(10-2)38-60(56)68/h9,11-34,36-38,40H,6-7,10,35H2,1-5,8H3/b11-9-,13-12-,52-37-,62-44?. The van der Waals surface area contributed by atoms with Crippen LogP contribution >= 0.6 is 15.1 Å². The third-order valence-electron chi connectivity index (χ3n) is 12.8. The lowest BCUT2D eigenvalue weighted by atomic mass is 9.99. The van der Waals surface area contributed by atoms with Crippen molar-refractivity contribution in [2.24, 2.45) is 10.9 Å². The summed E-state index contributed by atoms with van der Waals surface area (Å²) in [5.41, 5.74) is 10.8. The van der Waals surface area contributed by atoms with Crippen LogP contribution in [0.25, 0.3) is 16.8 Å². The zero-order chi connectivity index (χ0) is 47.7. The van der Waals surface area contributed by atoms with E-state index in [1.54, 1.807) is 0 Å². The smallest absolute Gasteiger partial charge is 0.193 e. The molecule has 0 saturated carbocycles. The molecule has 3 aliphatic rings. The lowest BCUT2D eigenvalue weighted by Crippen LogP contribution is -2.31. The monoisotopic (exact) mass is 927 g/mol. The molecule has 0 amide bonds. The number of hydrogen-bond donors (Lipinski definition) is 0. The van der Waals surface area contributed by atoms with Gasteiger partial charge in [0.15, 0.2) is 12.7 Å². The Balaban J connectivity index is 1.08. The van der Waals surface area contributed by atoms with Crippen molar-refractivity contribution in [3.63, 3.8) is 0 Å². The molecule has 0 aromatic heterocycles. The fourth-order valence-electron chi connectivity index (χ4n) is 8.88. The first-order chi connectivity index (χ1) is 32.8. The second-order valence-corrected chi connectivity index (χ2v) is 22.6. The van der Waals surface area contributed by atoms with Gasteiger partial charge in [-0.1, -0.05) is 160 Å². The highest BCUT2D eigenvalue weighted by Gasteiger charge is 2.40. The number of benzene rings is 6. The van der Waals surface area contributed by atoms with Crippen LogP contribution in [0.15, 0.2) is 199 Å². The Hall–Kier alpha value is -6.90. The lowest BCUT2D eigenvalue weighted by Gasteiger charge is -2.32. The fourth-order valence-corrected chi connectivity index (χ4v) is 14.5. The number of ether oxygens (including phenoxy) is 2. The summed E-state index contributed by atoms with van der Waals surface area (Å²) in [6, 6.07) is 42.1. The highest BCUT2D eigenvalue weighted by Crippen LogP contribution is 2.57. The van der Waals surface area contributed by atoms with Crippen molar-refractivity contribution in [3.05, 3.63) is 239 Å². The van der Waals surface area contributed by atoms with Gasteiger partial charge in [0.2, 0.25) is 0 Å². The van der Waals surface area contributed by atoms with Crippen molar-refractivity contribution in [1.82, 2.24) is 0 Å². The highest BCUT2D eigenvalue weighted by atomic mass is 31.2. The van der Waals surface area contributed by atoms with Gasteiger partial charge in [0.1, 0.15) is 23.0 Å². The molecule has 2 heterocycles. The van der Waals surface area contributed by atoms with E-state index in [4.69, 9.17) is 14.5 Å². The van der Waals surface area contributed by atoms with Crippen LogP contribution in [-0.4, -0.2) is 11.2 Å². The van der Waals surface area contributed by atoms with Gasteiger partial charge in [-0.25, -0.2) is 0 Å². The molecular weight excluding hydrogens is 873 g/mol. The van der Waals surface area contributed by atoms with Crippen LogP contribution in [0.2, 0.25) is 0 Å². The molecule has 1 aliphatic carbocycles. The minimum Gasteiger partial charge on any atom is -0.456 e. The molecule has 2 aliphatic heterocycles. The van der Waals surface area contributed by atoms with Crippen molar-refractivity contribution >= 4 is 64.4 Å². The number of rotatable bonds is 12. The Morgan fingerprint density at radius 1 is 0.735 bits per heavy atom. The van der Waals surface area contributed by atoms with Crippen LogP contribution in [0.3, 0.4) is 0 Å². The molecule has 6 aromatic rings. The van der Waals surface area contributed by atoms with E-state index in [9.17, 15) is 4.79 Å². The first-order valence-corrected chi connectivity index (χ1v) is 26.2. The summed E-state index contributed by atoms with van der Waals surface area (Å²) in [6.45, 7) is 21.1. The first kappa shape index (κ1) is 46.2. The van der Waals surface area contributed by atoms with Gasteiger partial charge in [-0.3, -0.25) is 9.79 Å². The van der Waals surface area contributed by atoms with Crippen molar-refractivity contribution in [3.8, 4) is 17.2 Å². The Morgan fingerprint density at radius 3 is 2.03 bits per heavy atom. The molecule has 0 spiro atoms. The largest absolute Gasteiger partial charge is 0.456 e. The van der Waals surface area contributed by atoms with Crippen molar-refractivity contribution in [2.75, 3.05) is 0 Å². The number of carbonyl (C=O) groups excluding carboxylic acids is 1. The van der Waals surface area contributed by atoms with Crippen LogP contribution in [0.4, 0.5) is 0 Å². The molecule has 0 fully saturated rings. The van der Waals surface area contributed by atoms with E-state index in [0.717, 1.165) is 101 Å². The molecular formula is C61H55NO4P2. The number of aryl methyl sites for hydroxylation is 3. The van der Waals surface area contributed by atoms with Gasteiger partial charge in [-0.15, -0.1) is 0 Å². The van der Waals surface area contributed by atoms with Crippen LogP contribution < -0.4 is 30.7 Å². The topological polar surface area (TPSA) is 65.0 Å². The first-order valence-electron chi connectivity index (χ1n) is 23.2. The molecule has 3 atom stereocenters. The molecule has 68 heavy (non-hydrogen) atoms. The minimum atomic E-state index is -3.30. The SMILES string of the molecule is C=C(/C=C\C=C/C)c1ccc(C(=C)/C=C(\N=C(C)c2ccc(P3(=O)c4cc(C)ccc4Oc4ccc(CC)cc43)cc2)c2ccc(C(=O)P3C4=C(C=CC(C)C4)Oc4ccc(C)cc43)cc2)cc1. The molecule has 0 radical (unpaired) electrons. The lowest BCUT2D eigenvalue weighted by molar-refractivity contribution is 0.108. The van der Waals surface area contributed by atoms with E-state index >= 15 is 4.57 Å². The maximum atomic E-state index is 15.7. The fraction of sp³-hybridized carbons (Fsp3) is 0.148. The van der Waals surface area contributed by atoms with E-state index in [1.165, 1.54) is 0 Å². The van der Waals surface area contributed by atoms with E-state index in [2.05, 4.69) is 70.3 Å². The number of aliphatic imine (C=N–C) groups is 1. The predicted molar refractivity (Wildman–Crippen MR) is 288 cm³/mol. The van der Waals surface area contributed by atoms with E-state index in [0.29, 0.717) is 34.0 Å². The number of hydrogen-bond acceptors (Lipinski definition) is 5. The second-order valence-electron chi connectivity index (χ2n) is 17.8. The van der Waals surface area contributed by atoms with Crippen molar-refractivity contribution in [1.29, 1.82) is 0 Å². The molecule has 3 unspecified atom stereocenters. The Labute approximate surface area is 402 Å². The summed E-state index contributed by atoms with van der Waals surface area (Å²) in [5.74, 6) is 3.12.